The van der Waals surface area contributed by atoms with Crippen LogP contribution in [0.4, 0.5) is 0 Å². The number of rotatable bonds is 9. The summed E-state index contributed by atoms with van der Waals surface area (Å²) in [6, 6.07) is 12.2. The van der Waals surface area contributed by atoms with Crippen LogP contribution in [0.15, 0.2) is 57.8 Å². The minimum Gasteiger partial charge on any atom is -0.495 e. The van der Waals surface area contributed by atoms with Crippen LogP contribution in [0.25, 0.3) is 0 Å². The van der Waals surface area contributed by atoms with Crippen molar-refractivity contribution in [1.82, 2.24) is 5.32 Å². The van der Waals surface area contributed by atoms with Gasteiger partial charge in [0.15, 0.2) is 27.1 Å². The van der Waals surface area contributed by atoms with Crippen LogP contribution in [0, 0.1) is 0 Å². The van der Waals surface area contributed by atoms with E-state index in [-0.39, 0.29) is 33.2 Å². The molecule has 2 aromatic carbocycles. The van der Waals surface area contributed by atoms with E-state index in [1.165, 1.54) is 44.6 Å². The maximum Gasteiger partial charge on any atom is 0.287 e. The van der Waals surface area contributed by atoms with E-state index in [0.29, 0.717) is 11.5 Å². The number of halogens is 1. The maximum atomic E-state index is 12.9. The number of ether oxygens (including phenoxy) is 3. The van der Waals surface area contributed by atoms with Crippen LogP contribution in [0.2, 0.25) is 5.02 Å². The fourth-order valence-electron chi connectivity index (χ4n) is 3.21. The van der Waals surface area contributed by atoms with E-state index >= 15 is 0 Å². The molecule has 0 fully saturated rings. The minimum absolute atomic E-state index is 0.00872. The standard InChI is InChI=1S/C23H24ClNO7S/c1-14(15-5-8-18(29-2)21(11-15)31-4)25-23(26)20-10-7-17(32-20)13-33(27,28)22-12-16(24)6-9-19(22)30-3/h5-12,14H,13H2,1-4H3,(H,25,26). The van der Waals surface area contributed by atoms with Crippen LogP contribution in [0.3, 0.4) is 0 Å². The lowest BCUT2D eigenvalue weighted by molar-refractivity contribution is 0.0910. The SMILES string of the molecule is COc1ccc(C(C)NC(=O)c2ccc(CS(=O)(=O)c3cc(Cl)ccc3OC)o2)cc1OC. The molecule has 0 saturated carbocycles. The second-order valence-corrected chi connectivity index (χ2v) is 9.52. The Bertz CT molecular complexity index is 1250. The van der Waals surface area contributed by atoms with E-state index in [4.69, 9.17) is 30.2 Å². The number of carbonyl (C=O) groups excluding carboxylic acids is 1. The van der Waals surface area contributed by atoms with Gasteiger partial charge < -0.3 is 23.9 Å². The lowest BCUT2D eigenvalue weighted by Gasteiger charge is -2.16. The molecule has 1 N–H and O–H groups in total. The number of hydrogen-bond acceptors (Lipinski definition) is 7. The number of carbonyl (C=O) groups is 1. The molecule has 3 aromatic rings. The summed E-state index contributed by atoms with van der Waals surface area (Å²) in [4.78, 5) is 12.6. The summed E-state index contributed by atoms with van der Waals surface area (Å²) in [7, 11) is 0.612. The van der Waals surface area contributed by atoms with Gasteiger partial charge in [-0.05, 0) is 55.0 Å². The monoisotopic (exact) mass is 493 g/mol. The van der Waals surface area contributed by atoms with E-state index in [2.05, 4.69) is 5.32 Å². The first-order valence-corrected chi connectivity index (χ1v) is 11.9. The Balaban J connectivity index is 1.74. The van der Waals surface area contributed by atoms with Gasteiger partial charge in [0, 0.05) is 5.02 Å². The molecule has 8 nitrogen and oxygen atoms in total. The second-order valence-electron chi connectivity index (χ2n) is 7.13. The summed E-state index contributed by atoms with van der Waals surface area (Å²) in [5.41, 5.74) is 0.795. The van der Waals surface area contributed by atoms with Crippen molar-refractivity contribution in [3.8, 4) is 17.2 Å². The zero-order valence-electron chi connectivity index (χ0n) is 18.5. The molecule has 10 heteroatoms. The minimum atomic E-state index is -3.83. The Morgan fingerprint density at radius 2 is 1.64 bits per heavy atom. The van der Waals surface area contributed by atoms with Crippen molar-refractivity contribution in [1.29, 1.82) is 0 Å². The van der Waals surface area contributed by atoms with Crippen LogP contribution in [0.5, 0.6) is 17.2 Å². The average molecular weight is 494 g/mol. The van der Waals surface area contributed by atoms with Crippen LogP contribution >= 0.6 is 11.6 Å². The molecule has 1 atom stereocenters. The number of nitrogens with one attached hydrogen (secondary N) is 1. The first-order valence-electron chi connectivity index (χ1n) is 9.86. The zero-order chi connectivity index (χ0) is 24.2. The van der Waals surface area contributed by atoms with Gasteiger partial charge in [-0.25, -0.2) is 8.42 Å². The highest BCUT2D eigenvalue weighted by molar-refractivity contribution is 7.90. The van der Waals surface area contributed by atoms with E-state index in [0.717, 1.165) is 5.56 Å². The highest BCUT2D eigenvalue weighted by Gasteiger charge is 2.24. The van der Waals surface area contributed by atoms with Gasteiger partial charge in [-0.3, -0.25) is 4.79 Å². The molecule has 0 aliphatic carbocycles. The Morgan fingerprint density at radius 1 is 0.970 bits per heavy atom. The van der Waals surface area contributed by atoms with Crippen molar-refractivity contribution in [2.75, 3.05) is 21.3 Å². The van der Waals surface area contributed by atoms with Gasteiger partial charge in [-0.2, -0.15) is 0 Å². The van der Waals surface area contributed by atoms with E-state index in [1.54, 1.807) is 26.2 Å². The third-order valence-corrected chi connectivity index (χ3v) is 6.82. The van der Waals surface area contributed by atoms with E-state index in [1.807, 2.05) is 6.07 Å². The summed E-state index contributed by atoms with van der Waals surface area (Å²) in [5.74, 6) is 0.453. The van der Waals surface area contributed by atoms with Crippen LogP contribution < -0.4 is 19.5 Å². The van der Waals surface area contributed by atoms with Gasteiger partial charge in [0.1, 0.15) is 22.2 Å². The van der Waals surface area contributed by atoms with Crippen molar-refractivity contribution >= 4 is 27.3 Å². The molecule has 0 bridgehead atoms. The molecule has 176 valence electrons. The van der Waals surface area contributed by atoms with Gasteiger partial charge >= 0.3 is 0 Å². The Hall–Kier alpha value is -3.17. The third kappa shape index (κ3) is 5.61. The number of benzene rings is 2. The fourth-order valence-corrected chi connectivity index (χ4v) is 4.90. The highest BCUT2D eigenvalue weighted by atomic mass is 35.5. The summed E-state index contributed by atoms with van der Waals surface area (Å²) < 4.78 is 46.9. The van der Waals surface area contributed by atoms with Gasteiger partial charge in [0.2, 0.25) is 0 Å². The van der Waals surface area contributed by atoms with Crippen molar-refractivity contribution in [3.63, 3.8) is 0 Å². The first-order chi connectivity index (χ1) is 15.7. The molecule has 0 radical (unpaired) electrons. The van der Waals surface area contributed by atoms with Gasteiger partial charge in [-0.15, -0.1) is 0 Å². The molecule has 1 unspecified atom stereocenters. The maximum absolute atomic E-state index is 12.9. The molecule has 1 amide bonds. The van der Waals surface area contributed by atoms with Crippen LogP contribution in [-0.4, -0.2) is 35.7 Å². The summed E-state index contributed by atoms with van der Waals surface area (Å²) in [5, 5.41) is 3.08. The topological polar surface area (TPSA) is 104 Å². The lowest BCUT2D eigenvalue weighted by Crippen LogP contribution is -2.26. The second kappa shape index (κ2) is 10.2. The zero-order valence-corrected chi connectivity index (χ0v) is 20.1. The van der Waals surface area contributed by atoms with Gasteiger partial charge in [0.25, 0.3) is 5.91 Å². The molecule has 0 aliphatic rings. The molecular weight excluding hydrogens is 470 g/mol. The lowest BCUT2D eigenvalue weighted by atomic mass is 10.1. The quantitative estimate of drug-likeness (QED) is 0.470. The summed E-state index contributed by atoms with van der Waals surface area (Å²) >= 11 is 5.95. The number of hydrogen-bond donors (Lipinski definition) is 1. The fraction of sp³-hybridized carbons (Fsp3) is 0.261. The Labute approximate surface area is 197 Å². The molecule has 0 spiro atoms. The van der Waals surface area contributed by atoms with Gasteiger partial charge in [0.05, 0.1) is 27.4 Å². The molecule has 1 aromatic heterocycles. The largest absolute Gasteiger partial charge is 0.495 e. The van der Waals surface area contributed by atoms with E-state index in [9.17, 15) is 13.2 Å². The summed E-state index contributed by atoms with van der Waals surface area (Å²) in [6.07, 6.45) is 0. The number of furan rings is 1. The van der Waals surface area contributed by atoms with Crippen molar-refractivity contribution in [2.24, 2.45) is 0 Å². The Kier molecular flexibility index (Phi) is 7.55. The number of methoxy groups -OCH3 is 3. The average Bonchev–Trinajstić information content (AvgIpc) is 3.26. The third-order valence-electron chi connectivity index (χ3n) is 4.93. The van der Waals surface area contributed by atoms with Crippen molar-refractivity contribution in [2.45, 2.75) is 23.6 Å². The molecule has 0 saturated heterocycles. The normalized spacial score (nSPS) is 12.2. The van der Waals surface area contributed by atoms with E-state index < -0.39 is 21.5 Å². The Morgan fingerprint density at radius 3 is 2.30 bits per heavy atom. The van der Waals surface area contributed by atoms with Gasteiger partial charge in [-0.1, -0.05) is 17.7 Å². The first kappa shape index (κ1) is 24.5. The smallest absolute Gasteiger partial charge is 0.287 e. The number of sulfone groups is 1. The molecular formula is C23H24ClNO7S. The predicted molar refractivity (Wildman–Crippen MR) is 123 cm³/mol. The molecule has 3 rings (SSSR count). The van der Waals surface area contributed by atoms with Crippen LogP contribution in [0.1, 0.15) is 34.8 Å². The van der Waals surface area contributed by atoms with Crippen molar-refractivity contribution in [3.05, 3.63) is 70.6 Å². The van der Waals surface area contributed by atoms with Crippen molar-refractivity contribution < 1.29 is 31.8 Å². The summed E-state index contributed by atoms with van der Waals surface area (Å²) in [6.45, 7) is 1.80. The highest BCUT2D eigenvalue weighted by Crippen LogP contribution is 2.31. The molecule has 1 heterocycles. The number of amides is 1. The van der Waals surface area contributed by atoms with Crippen LogP contribution in [-0.2, 0) is 15.6 Å². The molecule has 0 aliphatic heterocycles. The molecule has 33 heavy (non-hydrogen) atoms. The predicted octanol–water partition coefficient (Wildman–Crippen LogP) is 4.42.